The molecule has 0 radical (unpaired) electrons. The van der Waals surface area contributed by atoms with Crippen LogP contribution in [-0.2, 0) is 19.4 Å². The number of nitrogens with one attached hydrogen (secondary N) is 1. The summed E-state index contributed by atoms with van der Waals surface area (Å²) in [7, 11) is 2.12. The average molecular weight is 369 g/mol. The van der Waals surface area contributed by atoms with Crippen LogP contribution in [0.2, 0.25) is 5.02 Å². The third-order valence-electron chi connectivity index (χ3n) is 5.09. The van der Waals surface area contributed by atoms with Crippen molar-refractivity contribution in [3.63, 3.8) is 0 Å². The molecule has 1 aliphatic rings. The molecule has 6 heteroatoms. The first-order valence-electron chi connectivity index (χ1n) is 8.80. The molecule has 0 bridgehead atoms. The number of aromatic amines is 1. The molecule has 1 N–H and O–H groups in total. The highest BCUT2D eigenvalue weighted by Crippen LogP contribution is 2.23. The number of rotatable bonds is 4. The van der Waals surface area contributed by atoms with E-state index in [1.165, 1.54) is 5.56 Å². The van der Waals surface area contributed by atoms with Crippen LogP contribution < -0.4 is 5.56 Å². The van der Waals surface area contributed by atoms with Crippen LogP contribution in [0.15, 0.2) is 53.5 Å². The van der Waals surface area contributed by atoms with E-state index in [2.05, 4.69) is 34.2 Å². The van der Waals surface area contributed by atoms with Crippen molar-refractivity contribution < 1.29 is 0 Å². The molecule has 134 valence electrons. The van der Waals surface area contributed by atoms with Gasteiger partial charge in [-0.05, 0) is 56.1 Å². The molecular weight excluding hydrogens is 348 g/mol. The van der Waals surface area contributed by atoms with Crippen LogP contribution in [0.3, 0.4) is 0 Å². The van der Waals surface area contributed by atoms with Gasteiger partial charge in [0.15, 0.2) is 5.82 Å². The van der Waals surface area contributed by atoms with Gasteiger partial charge in [0.05, 0.1) is 0 Å². The lowest BCUT2D eigenvalue weighted by Gasteiger charge is -2.30. The second kappa shape index (κ2) is 7.09. The predicted octanol–water partition coefficient (Wildman–Crippen LogP) is 3.20. The number of hydrogen-bond acceptors (Lipinski definition) is 3. The molecule has 1 aliphatic carbocycles. The standard InChI is InChI=1S/C20H21ClN4O/c1-24(13-14-5-7-15(21)8-6-14)16-9-10-18-17(12-16)20(26)25(23-18)19-4-2-3-11-22-19/h2-8,11,16,23H,9-10,12-13H2,1H3. The van der Waals surface area contributed by atoms with Gasteiger partial charge in [-0.25, -0.2) is 9.67 Å². The molecule has 1 unspecified atom stereocenters. The van der Waals surface area contributed by atoms with Crippen molar-refractivity contribution in [3.8, 4) is 5.82 Å². The van der Waals surface area contributed by atoms with Gasteiger partial charge in [0.25, 0.3) is 5.56 Å². The van der Waals surface area contributed by atoms with E-state index in [1.54, 1.807) is 10.9 Å². The number of hydrogen-bond donors (Lipinski definition) is 1. The number of H-pyrrole nitrogens is 1. The summed E-state index contributed by atoms with van der Waals surface area (Å²) >= 11 is 5.96. The number of halogens is 1. The van der Waals surface area contributed by atoms with Crippen LogP contribution in [0, 0.1) is 0 Å². The zero-order chi connectivity index (χ0) is 18.1. The van der Waals surface area contributed by atoms with E-state index in [-0.39, 0.29) is 5.56 Å². The van der Waals surface area contributed by atoms with Crippen LogP contribution in [-0.4, -0.2) is 32.8 Å². The molecule has 2 aromatic heterocycles. The highest BCUT2D eigenvalue weighted by atomic mass is 35.5. The molecule has 0 saturated heterocycles. The molecule has 0 aliphatic heterocycles. The lowest BCUT2D eigenvalue weighted by molar-refractivity contribution is 0.213. The van der Waals surface area contributed by atoms with Gasteiger partial charge in [0.1, 0.15) is 0 Å². The Morgan fingerprint density at radius 2 is 2.08 bits per heavy atom. The summed E-state index contributed by atoms with van der Waals surface area (Å²) < 4.78 is 1.56. The largest absolute Gasteiger partial charge is 0.299 e. The highest BCUT2D eigenvalue weighted by Gasteiger charge is 2.27. The zero-order valence-electron chi connectivity index (χ0n) is 14.7. The molecular formula is C20H21ClN4O. The molecule has 2 heterocycles. The number of benzene rings is 1. The number of pyridine rings is 1. The number of aryl methyl sites for hydroxylation is 1. The summed E-state index contributed by atoms with van der Waals surface area (Å²) in [5.41, 5.74) is 3.16. The SMILES string of the molecule is CN(Cc1ccc(Cl)cc1)C1CCc2[nH]n(-c3ccccn3)c(=O)c2C1. The fourth-order valence-electron chi connectivity index (χ4n) is 3.61. The lowest BCUT2D eigenvalue weighted by atomic mass is 9.92. The molecule has 5 nitrogen and oxygen atoms in total. The molecule has 3 aromatic rings. The van der Waals surface area contributed by atoms with Crippen LogP contribution in [0.1, 0.15) is 23.2 Å². The van der Waals surface area contributed by atoms with Gasteiger partial charge in [-0.3, -0.25) is 14.8 Å². The quantitative estimate of drug-likeness (QED) is 0.769. The Balaban J connectivity index is 1.53. The maximum atomic E-state index is 12.8. The Bertz CT molecular complexity index is 946. The van der Waals surface area contributed by atoms with Gasteiger partial charge in [0, 0.05) is 35.1 Å². The van der Waals surface area contributed by atoms with Gasteiger partial charge in [-0.1, -0.05) is 29.8 Å². The summed E-state index contributed by atoms with van der Waals surface area (Å²) in [6.07, 6.45) is 4.36. The third kappa shape index (κ3) is 3.32. The van der Waals surface area contributed by atoms with E-state index in [0.29, 0.717) is 11.9 Å². The second-order valence-electron chi connectivity index (χ2n) is 6.84. The van der Waals surface area contributed by atoms with Gasteiger partial charge >= 0.3 is 0 Å². The van der Waals surface area contributed by atoms with E-state index in [4.69, 9.17) is 11.6 Å². The first-order chi connectivity index (χ1) is 12.6. The molecule has 0 saturated carbocycles. The maximum absolute atomic E-state index is 12.8. The Hall–Kier alpha value is -2.37. The van der Waals surface area contributed by atoms with Crippen molar-refractivity contribution in [2.24, 2.45) is 0 Å². The number of likely N-dealkylation sites (N-methyl/N-ethyl adjacent to an activating group) is 1. The van der Waals surface area contributed by atoms with E-state index < -0.39 is 0 Å². The van der Waals surface area contributed by atoms with E-state index in [1.807, 2.05) is 30.3 Å². The summed E-state index contributed by atoms with van der Waals surface area (Å²) in [4.78, 5) is 19.4. The fraction of sp³-hybridized carbons (Fsp3) is 0.300. The van der Waals surface area contributed by atoms with E-state index >= 15 is 0 Å². The molecule has 0 spiro atoms. The fourth-order valence-corrected chi connectivity index (χ4v) is 3.74. The van der Waals surface area contributed by atoms with E-state index in [0.717, 1.165) is 42.1 Å². The van der Waals surface area contributed by atoms with E-state index in [9.17, 15) is 4.79 Å². The Labute approximate surface area is 157 Å². The Kier molecular flexibility index (Phi) is 4.66. The summed E-state index contributed by atoms with van der Waals surface area (Å²) in [5, 5.41) is 3.99. The van der Waals surface area contributed by atoms with Crippen molar-refractivity contribution in [1.29, 1.82) is 0 Å². The molecule has 4 rings (SSSR count). The monoisotopic (exact) mass is 368 g/mol. The van der Waals surface area contributed by atoms with Crippen molar-refractivity contribution in [2.75, 3.05) is 7.05 Å². The normalized spacial score (nSPS) is 16.7. The minimum absolute atomic E-state index is 0.0169. The van der Waals surface area contributed by atoms with Gasteiger partial charge in [-0.2, -0.15) is 0 Å². The Morgan fingerprint density at radius 1 is 1.27 bits per heavy atom. The summed E-state index contributed by atoms with van der Waals surface area (Å²) in [6, 6.07) is 13.9. The first kappa shape index (κ1) is 17.1. The predicted molar refractivity (Wildman–Crippen MR) is 103 cm³/mol. The first-order valence-corrected chi connectivity index (χ1v) is 9.18. The molecule has 0 amide bonds. The summed E-state index contributed by atoms with van der Waals surface area (Å²) in [6.45, 7) is 0.843. The van der Waals surface area contributed by atoms with Crippen LogP contribution >= 0.6 is 11.6 Å². The van der Waals surface area contributed by atoms with Crippen molar-refractivity contribution in [1.82, 2.24) is 19.7 Å². The maximum Gasteiger partial charge on any atom is 0.276 e. The van der Waals surface area contributed by atoms with Crippen molar-refractivity contribution in [3.05, 3.63) is 80.9 Å². The zero-order valence-corrected chi connectivity index (χ0v) is 15.4. The number of fused-ring (bicyclic) bond motifs is 1. The van der Waals surface area contributed by atoms with Crippen LogP contribution in [0.5, 0.6) is 0 Å². The summed E-state index contributed by atoms with van der Waals surface area (Å²) in [5.74, 6) is 0.637. The topological polar surface area (TPSA) is 53.9 Å². The minimum Gasteiger partial charge on any atom is -0.299 e. The highest BCUT2D eigenvalue weighted by molar-refractivity contribution is 6.30. The van der Waals surface area contributed by atoms with Crippen LogP contribution in [0.25, 0.3) is 5.82 Å². The minimum atomic E-state index is 0.0169. The van der Waals surface area contributed by atoms with Crippen LogP contribution in [0.4, 0.5) is 0 Å². The molecule has 0 fully saturated rings. The van der Waals surface area contributed by atoms with Gasteiger partial charge < -0.3 is 0 Å². The number of nitrogens with zero attached hydrogens (tertiary/aromatic N) is 3. The molecule has 1 atom stereocenters. The lowest BCUT2D eigenvalue weighted by Crippen LogP contribution is -2.37. The Morgan fingerprint density at radius 3 is 2.81 bits per heavy atom. The van der Waals surface area contributed by atoms with Gasteiger partial charge in [-0.15, -0.1) is 0 Å². The van der Waals surface area contributed by atoms with Crippen molar-refractivity contribution in [2.45, 2.75) is 31.8 Å². The van der Waals surface area contributed by atoms with Crippen molar-refractivity contribution >= 4 is 11.6 Å². The third-order valence-corrected chi connectivity index (χ3v) is 5.34. The average Bonchev–Trinajstić information content (AvgIpc) is 3.00. The van der Waals surface area contributed by atoms with Gasteiger partial charge in [0.2, 0.25) is 0 Å². The smallest absolute Gasteiger partial charge is 0.276 e. The number of aromatic nitrogens is 3. The second-order valence-corrected chi connectivity index (χ2v) is 7.27. The molecule has 1 aromatic carbocycles. The molecule has 26 heavy (non-hydrogen) atoms.